The smallest absolute Gasteiger partial charge is 0.387 e. The summed E-state index contributed by atoms with van der Waals surface area (Å²) in [7, 11) is 1.21. The third-order valence-corrected chi connectivity index (χ3v) is 2.99. The second kappa shape index (κ2) is 9.15. The zero-order valence-corrected chi connectivity index (χ0v) is 15.6. The molecule has 0 spiro atoms. The minimum absolute atomic E-state index is 0.0488. The first-order valence-corrected chi connectivity index (χ1v) is 7.89. The Hall–Kier alpha value is -2.91. The van der Waals surface area contributed by atoms with Crippen molar-refractivity contribution >= 4 is 17.9 Å². The predicted octanol–water partition coefficient (Wildman–Crippen LogP) is 2.47. The number of benzene rings is 1. The van der Waals surface area contributed by atoms with Crippen molar-refractivity contribution in [2.24, 2.45) is 0 Å². The monoisotopic (exact) mass is 388 g/mol. The molecule has 0 heterocycles. The average molecular weight is 388 g/mol. The lowest BCUT2D eigenvalue weighted by atomic mass is 10.1. The number of ether oxygens (including phenoxy) is 3. The van der Waals surface area contributed by atoms with Crippen LogP contribution in [0.25, 0.3) is 0 Å². The number of urea groups is 1. The number of carbonyl (C=O) groups is 3. The number of alkyl halides is 2. The van der Waals surface area contributed by atoms with Gasteiger partial charge in [0.1, 0.15) is 0 Å². The Bertz CT molecular complexity index is 703. The van der Waals surface area contributed by atoms with Crippen LogP contribution in [0.3, 0.4) is 0 Å². The van der Waals surface area contributed by atoms with Gasteiger partial charge >= 0.3 is 18.6 Å². The van der Waals surface area contributed by atoms with Crippen molar-refractivity contribution in [3.8, 4) is 11.5 Å². The Kier molecular flexibility index (Phi) is 7.50. The van der Waals surface area contributed by atoms with Crippen LogP contribution >= 0.6 is 0 Å². The van der Waals surface area contributed by atoms with Crippen LogP contribution < -0.4 is 20.1 Å². The molecule has 0 fully saturated rings. The van der Waals surface area contributed by atoms with Crippen molar-refractivity contribution in [3.63, 3.8) is 0 Å². The number of hydrogen-bond donors (Lipinski definition) is 2. The second-order valence-electron chi connectivity index (χ2n) is 6.49. The lowest BCUT2D eigenvalue weighted by molar-refractivity contribution is -0.127. The molecule has 1 aromatic carbocycles. The zero-order chi connectivity index (χ0) is 20.8. The second-order valence-corrected chi connectivity index (χ2v) is 6.49. The molecule has 150 valence electrons. The summed E-state index contributed by atoms with van der Waals surface area (Å²) < 4.78 is 38.8. The van der Waals surface area contributed by atoms with Crippen molar-refractivity contribution in [3.05, 3.63) is 23.8 Å². The van der Waals surface area contributed by atoms with Gasteiger partial charge in [-0.2, -0.15) is 8.78 Å². The molecular weight excluding hydrogens is 366 g/mol. The molecule has 0 saturated carbocycles. The number of imide groups is 1. The van der Waals surface area contributed by atoms with E-state index in [4.69, 9.17) is 9.47 Å². The Morgan fingerprint density at radius 3 is 2.26 bits per heavy atom. The van der Waals surface area contributed by atoms with Gasteiger partial charge in [0.15, 0.2) is 17.6 Å². The molecule has 1 aromatic rings. The predicted molar refractivity (Wildman–Crippen MR) is 90.9 cm³/mol. The summed E-state index contributed by atoms with van der Waals surface area (Å²) in [6, 6.07) is 2.70. The van der Waals surface area contributed by atoms with Crippen molar-refractivity contribution in [2.75, 3.05) is 7.11 Å². The van der Waals surface area contributed by atoms with Crippen LogP contribution in [-0.4, -0.2) is 43.3 Å². The van der Waals surface area contributed by atoms with E-state index in [-0.39, 0.29) is 17.1 Å². The van der Waals surface area contributed by atoms with Gasteiger partial charge < -0.3 is 19.5 Å². The Morgan fingerprint density at radius 2 is 1.74 bits per heavy atom. The molecule has 3 amide bonds. The lowest BCUT2D eigenvalue weighted by Crippen LogP contribution is -2.50. The first-order valence-electron chi connectivity index (χ1n) is 7.89. The van der Waals surface area contributed by atoms with E-state index in [1.165, 1.54) is 20.1 Å². The summed E-state index contributed by atoms with van der Waals surface area (Å²) in [4.78, 5) is 35.7. The third-order valence-electron chi connectivity index (χ3n) is 2.99. The summed E-state index contributed by atoms with van der Waals surface area (Å²) in [5.74, 6) is -2.09. The molecule has 10 heteroatoms. The number of hydrogen-bond acceptors (Lipinski definition) is 6. The number of halogens is 2. The van der Waals surface area contributed by atoms with Gasteiger partial charge in [-0.05, 0) is 45.9 Å². The Labute approximate surface area is 155 Å². The lowest BCUT2D eigenvalue weighted by Gasteiger charge is -2.21. The maximum atomic E-state index is 12.3. The Morgan fingerprint density at radius 1 is 1.11 bits per heavy atom. The van der Waals surface area contributed by atoms with E-state index in [1.807, 2.05) is 0 Å². The minimum Gasteiger partial charge on any atom is -0.493 e. The highest BCUT2D eigenvalue weighted by atomic mass is 19.3. The number of esters is 1. The van der Waals surface area contributed by atoms with Gasteiger partial charge in [0.25, 0.3) is 5.91 Å². The normalized spacial score (nSPS) is 12.1. The van der Waals surface area contributed by atoms with Gasteiger partial charge in [0, 0.05) is 5.54 Å². The van der Waals surface area contributed by atoms with E-state index < -0.39 is 36.2 Å². The van der Waals surface area contributed by atoms with Gasteiger partial charge in [-0.25, -0.2) is 9.59 Å². The van der Waals surface area contributed by atoms with Crippen LogP contribution in [0.1, 0.15) is 38.1 Å². The number of nitrogens with one attached hydrogen (secondary N) is 2. The van der Waals surface area contributed by atoms with Crippen LogP contribution in [-0.2, 0) is 9.53 Å². The molecule has 0 aromatic heterocycles. The molecule has 2 N–H and O–H groups in total. The topological polar surface area (TPSA) is 103 Å². The highest BCUT2D eigenvalue weighted by Gasteiger charge is 2.23. The van der Waals surface area contributed by atoms with Gasteiger partial charge in [-0.1, -0.05) is 0 Å². The van der Waals surface area contributed by atoms with E-state index in [2.05, 4.69) is 15.4 Å². The molecule has 0 aliphatic carbocycles. The number of amides is 3. The van der Waals surface area contributed by atoms with Crippen molar-refractivity contribution in [1.82, 2.24) is 10.6 Å². The quantitative estimate of drug-likeness (QED) is 0.726. The Balaban J connectivity index is 2.74. The van der Waals surface area contributed by atoms with Crippen molar-refractivity contribution in [1.29, 1.82) is 0 Å². The van der Waals surface area contributed by atoms with Gasteiger partial charge in [0.2, 0.25) is 0 Å². The largest absolute Gasteiger partial charge is 0.493 e. The first-order chi connectivity index (χ1) is 12.4. The molecule has 8 nitrogen and oxygen atoms in total. The summed E-state index contributed by atoms with van der Waals surface area (Å²) in [6.45, 7) is 3.42. The van der Waals surface area contributed by atoms with Crippen LogP contribution in [0.2, 0.25) is 0 Å². The third kappa shape index (κ3) is 7.47. The molecule has 1 unspecified atom stereocenters. The molecule has 1 atom stereocenters. The van der Waals surface area contributed by atoms with E-state index >= 15 is 0 Å². The molecule has 0 radical (unpaired) electrons. The summed E-state index contributed by atoms with van der Waals surface area (Å²) in [5.41, 5.74) is -0.602. The molecule has 27 heavy (non-hydrogen) atoms. The van der Waals surface area contributed by atoms with Crippen LogP contribution in [0, 0.1) is 0 Å². The highest BCUT2D eigenvalue weighted by molar-refractivity contribution is 5.98. The van der Waals surface area contributed by atoms with Crippen molar-refractivity contribution < 1.29 is 37.4 Å². The highest BCUT2D eigenvalue weighted by Crippen LogP contribution is 2.29. The molecule has 0 bridgehead atoms. The summed E-state index contributed by atoms with van der Waals surface area (Å²) in [5, 5.41) is 4.58. The van der Waals surface area contributed by atoms with Gasteiger partial charge in [-0.15, -0.1) is 0 Å². The molecular formula is C17H22F2N2O6. The first kappa shape index (κ1) is 22.1. The standard InChI is InChI=1S/C17H22F2N2O6/c1-9(13(22)20-16(24)21-17(2,3)4)26-14(23)10-6-7-11(27-15(18)19)12(8-10)25-5/h6-9,15H,1-5H3,(H2,20,21,22,24). The fourth-order valence-corrected chi connectivity index (χ4v) is 1.86. The summed E-state index contributed by atoms with van der Waals surface area (Å²) >= 11 is 0. The van der Waals surface area contributed by atoms with E-state index in [0.717, 1.165) is 12.1 Å². The van der Waals surface area contributed by atoms with Crippen LogP contribution in [0.4, 0.5) is 13.6 Å². The fourth-order valence-electron chi connectivity index (χ4n) is 1.86. The molecule has 0 aliphatic heterocycles. The van der Waals surface area contributed by atoms with E-state index in [9.17, 15) is 23.2 Å². The average Bonchev–Trinajstić information content (AvgIpc) is 2.52. The number of methoxy groups -OCH3 is 1. The van der Waals surface area contributed by atoms with Crippen LogP contribution in [0.5, 0.6) is 11.5 Å². The van der Waals surface area contributed by atoms with E-state index in [0.29, 0.717) is 0 Å². The number of rotatable bonds is 6. The number of carbonyl (C=O) groups excluding carboxylic acids is 3. The van der Waals surface area contributed by atoms with Gasteiger partial charge in [-0.3, -0.25) is 10.1 Å². The van der Waals surface area contributed by atoms with Gasteiger partial charge in [0.05, 0.1) is 12.7 Å². The fraction of sp³-hybridized carbons (Fsp3) is 0.471. The molecule has 0 saturated heterocycles. The van der Waals surface area contributed by atoms with Crippen LogP contribution in [0.15, 0.2) is 18.2 Å². The molecule has 1 rings (SSSR count). The maximum Gasteiger partial charge on any atom is 0.387 e. The SMILES string of the molecule is COc1cc(C(=O)OC(C)C(=O)NC(=O)NC(C)(C)C)ccc1OC(F)F. The van der Waals surface area contributed by atoms with Crippen molar-refractivity contribution in [2.45, 2.75) is 45.9 Å². The zero-order valence-electron chi connectivity index (χ0n) is 15.6. The minimum atomic E-state index is -3.06. The summed E-state index contributed by atoms with van der Waals surface area (Å²) in [6.07, 6.45) is -1.27. The molecule has 0 aliphatic rings. The van der Waals surface area contributed by atoms with E-state index in [1.54, 1.807) is 20.8 Å². The maximum absolute atomic E-state index is 12.3.